The zero-order chi connectivity index (χ0) is 15.9. The van der Waals surface area contributed by atoms with E-state index < -0.39 is 0 Å². The molecule has 122 valence electrons. The number of nitrogens with two attached hydrogens (primary N) is 1. The van der Waals surface area contributed by atoms with E-state index in [-0.39, 0.29) is 0 Å². The van der Waals surface area contributed by atoms with Crippen molar-refractivity contribution in [2.24, 2.45) is 17.1 Å². The number of hydrogen-bond acceptors (Lipinski definition) is 2. The van der Waals surface area contributed by atoms with E-state index in [1.165, 1.54) is 61.6 Å². The molecule has 2 nitrogen and oxygen atoms in total. The Balaban J connectivity index is 1.60. The summed E-state index contributed by atoms with van der Waals surface area (Å²) in [5.41, 5.74) is 10.8. The van der Waals surface area contributed by atoms with E-state index in [4.69, 9.17) is 10.5 Å². The van der Waals surface area contributed by atoms with Gasteiger partial charge in [-0.1, -0.05) is 17.9 Å². The molecule has 0 saturated heterocycles. The fourth-order valence-electron chi connectivity index (χ4n) is 4.71. The molecule has 2 heteroatoms. The van der Waals surface area contributed by atoms with E-state index in [1.54, 1.807) is 0 Å². The Morgan fingerprint density at radius 1 is 1.22 bits per heavy atom. The summed E-state index contributed by atoms with van der Waals surface area (Å²) >= 11 is 0. The molecule has 2 saturated carbocycles. The summed E-state index contributed by atoms with van der Waals surface area (Å²) in [4.78, 5) is 0. The lowest BCUT2D eigenvalue weighted by Gasteiger charge is -2.41. The molecule has 0 aliphatic heterocycles. The molecule has 0 aromatic heterocycles. The second-order valence-corrected chi connectivity index (χ2v) is 7.72. The van der Waals surface area contributed by atoms with Crippen LogP contribution in [0, 0.1) is 23.2 Å². The van der Waals surface area contributed by atoms with Crippen LogP contribution < -0.4 is 5.73 Å². The number of fused-ring (bicyclic) bond motifs is 1. The SMILES string of the molecule is COC1CCC2(CC1)Cc1ccc(C#CC3CC3)cc1C2CN. The van der Waals surface area contributed by atoms with Crippen LogP contribution in [0.3, 0.4) is 0 Å². The van der Waals surface area contributed by atoms with Gasteiger partial charge in [-0.2, -0.15) is 0 Å². The molecule has 4 rings (SSSR count). The van der Waals surface area contributed by atoms with Crippen molar-refractivity contribution in [3.8, 4) is 11.8 Å². The standard InChI is InChI=1S/C21H27NO/c1-23-18-8-10-21(11-9-18)13-17-7-6-16(5-4-15-2-3-15)12-19(17)20(21)14-22/h6-7,12,15,18,20H,2-3,8-11,13-14,22H2,1H3. The maximum Gasteiger partial charge on any atom is 0.0571 e. The predicted molar refractivity (Wildman–Crippen MR) is 93.2 cm³/mol. The van der Waals surface area contributed by atoms with Crippen molar-refractivity contribution in [3.05, 3.63) is 34.9 Å². The van der Waals surface area contributed by atoms with Gasteiger partial charge in [0.05, 0.1) is 6.10 Å². The molecule has 2 fully saturated rings. The van der Waals surface area contributed by atoms with Gasteiger partial charge < -0.3 is 10.5 Å². The van der Waals surface area contributed by atoms with Crippen molar-refractivity contribution in [2.45, 2.75) is 57.0 Å². The number of methoxy groups -OCH3 is 1. The molecule has 3 aliphatic carbocycles. The van der Waals surface area contributed by atoms with Crippen molar-refractivity contribution >= 4 is 0 Å². The van der Waals surface area contributed by atoms with Gasteiger partial charge in [-0.3, -0.25) is 0 Å². The maximum atomic E-state index is 6.24. The third kappa shape index (κ3) is 2.82. The van der Waals surface area contributed by atoms with E-state index in [2.05, 4.69) is 30.0 Å². The van der Waals surface area contributed by atoms with E-state index in [9.17, 15) is 0 Å². The Bertz CT molecular complexity index is 642. The third-order valence-corrected chi connectivity index (χ3v) is 6.30. The molecule has 23 heavy (non-hydrogen) atoms. The lowest BCUT2D eigenvalue weighted by Crippen LogP contribution is -2.36. The first kappa shape index (κ1) is 15.2. The van der Waals surface area contributed by atoms with Gasteiger partial charge in [0.1, 0.15) is 0 Å². The Hall–Kier alpha value is -1.30. The van der Waals surface area contributed by atoms with Crippen molar-refractivity contribution < 1.29 is 4.74 Å². The first-order valence-corrected chi connectivity index (χ1v) is 9.11. The quantitative estimate of drug-likeness (QED) is 0.847. The van der Waals surface area contributed by atoms with E-state index in [0.29, 0.717) is 23.4 Å². The first-order chi connectivity index (χ1) is 11.2. The van der Waals surface area contributed by atoms with Crippen LogP contribution in [0.2, 0.25) is 0 Å². The minimum absolute atomic E-state index is 0.370. The summed E-state index contributed by atoms with van der Waals surface area (Å²) < 4.78 is 5.57. The maximum absolute atomic E-state index is 6.24. The average Bonchev–Trinajstić information content (AvgIpc) is 3.36. The van der Waals surface area contributed by atoms with Crippen molar-refractivity contribution in [3.63, 3.8) is 0 Å². The molecular weight excluding hydrogens is 282 g/mol. The fraction of sp³-hybridized carbons (Fsp3) is 0.619. The predicted octanol–water partition coefficient (Wildman–Crippen LogP) is 3.62. The molecule has 0 heterocycles. The number of rotatable bonds is 2. The molecule has 1 atom stereocenters. The summed E-state index contributed by atoms with van der Waals surface area (Å²) in [6.45, 7) is 0.754. The van der Waals surface area contributed by atoms with E-state index >= 15 is 0 Å². The van der Waals surface area contributed by atoms with Crippen LogP contribution in [0.1, 0.15) is 61.1 Å². The second-order valence-electron chi connectivity index (χ2n) is 7.72. The van der Waals surface area contributed by atoms with Crippen molar-refractivity contribution in [1.82, 2.24) is 0 Å². The second kappa shape index (κ2) is 5.96. The highest BCUT2D eigenvalue weighted by Gasteiger charge is 2.47. The average molecular weight is 309 g/mol. The summed E-state index contributed by atoms with van der Waals surface area (Å²) in [6, 6.07) is 6.85. The van der Waals surface area contributed by atoms with Crippen LogP contribution >= 0.6 is 0 Å². The molecule has 3 aliphatic rings. The minimum Gasteiger partial charge on any atom is -0.381 e. The molecule has 1 unspecified atom stereocenters. The summed E-state index contributed by atoms with van der Waals surface area (Å²) in [5, 5.41) is 0. The number of benzene rings is 1. The van der Waals surface area contributed by atoms with Crippen molar-refractivity contribution in [1.29, 1.82) is 0 Å². The highest BCUT2D eigenvalue weighted by molar-refractivity contribution is 5.47. The Kier molecular flexibility index (Phi) is 3.95. The zero-order valence-electron chi connectivity index (χ0n) is 14.1. The molecule has 1 aromatic rings. The first-order valence-electron chi connectivity index (χ1n) is 9.11. The highest BCUT2D eigenvalue weighted by atomic mass is 16.5. The Labute approximate surface area is 139 Å². The van der Waals surface area contributed by atoms with Gasteiger partial charge in [0.25, 0.3) is 0 Å². The third-order valence-electron chi connectivity index (χ3n) is 6.30. The smallest absolute Gasteiger partial charge is 0.0571 e. The molecule has 0 radical (unpaired) electrons. The Morgan fingerprint density at radius 3 is 2.65 bits per heavy atom. The van der Waals surface area contributed by atoms with Crippen LogP contribution in [0.15, 0.2) is 18.2 Å². The molecule has 0 amide bonds. The fourth-order valence-corrected chi connectivity index (χ4v) is 4.71. The molecule has 0 bridgehead atoms. The summed E-state index contributed by atoms with van der Waals surface area (Å²) in [5.74, 6) is 7.92. The highest BCUT2D eigenvalue weighted by Crippen LogP contribution is 2.55. The topological polar surface area (TPSA) is 35.2 Å². The molecule has 1 spiro atoms. The number of ether oxygens (including phenoxy) is 1. The van der Waals surface area contributed by atoms with Gasteiger partial charge in [0.15, 0.2) is 0 Å². The lowest BCUT2D eigenvalue weighted by molar-refractivity contribution is 0.0210. The monoisotopic (exact) mass is 309 g/mol. The molecule has 2 N–H and O–H groups in total. The van der Waals surface area contributed by atoms with Gasteiger partial charge in [0.2, 0.25) is 0 Å². The van der Waals surface area contributed by atoms with Crippen LogP contribution in [0.4, 0.5) is 0 Å². The zero-order valence-corrected chi connectivity index (χ0v) is 14.1. The van der Waals surface area contributed by atoms with Gasteiger partial charge in [-0.25, -0.2) is 0 Å². The summed E-state index contributed by atoms with van der Waals surface area (Å²) in [7, 11) is 1.84. The van der Waals surface area contributed by atoms with Crippen LogP contribution in [-0.4, -0.2) is 19.8 Å². The summed E-state index contributed by atoms with van der Waals surface area (Å²) in [6.07, 6.45) is 9.04. The van der Waals surface area contributed by atoms with E-state index in [1.807, 2.05) is 7.11 Å². The number of hydrogen-bond donors (Lipinski definition) is 1. The largest absolute Gasteiger partial charge is 0.381 e. The minimum atomic E-state index is 0.370. The van der Waals surface area contributed by atoms with Gasteiger partial charge in [0, 0.05) is 24.5 Å². The van der Waals surface area contributed by atoms with Gasteiger partial charge in [-0.05, 0) is 80.2 Å². The molecular formula is C21H27NO. The normalized spacial score (nSPS) is 32.4. The molecule has 1 aromatic carbocycles. The lowest BCUT2D eigenvalue weighted by atomic mass is 9.65. The Morgan fingerprint density at radius 2 is 2.00 bits per heavy atom. The van der Waals surface area contributed by atoms with E-state index in [0.717, 1.165) is 6.54 Å². The van der Waals surface area contributed by atoms with Crippen LogP contribution in [0.5, 0.6) is 0 Å². The van der Waals surface area contributed by atoms with Crippen LogP contribution in [0.25, 0.3) is 0 Å². The van der Waals surface area contributed by atoms with Gasteiger partial charge in [-0.15, -0.1) is 0 Å². The van der Waals surface area contributed by atoms with Crippen molar-refractivity contribution in [2.75, 3.05) is 13.7 Å². The van der Waals surface area contributed by atoms with Crippen LogP contribution in [-0.2, 0) is 11.2 Å². The van der Waals surface area contributed by atoms with Gasteiger partial charge >= 0.3 is 0 Å².